The van der Waals surface area contributed by atoms with E-state index in [1.54, 1.807) is 16.1 Å². The second kappa shape index (κ2) is 11.8. The fourth-order valence-corrected chi connectivity index (χ4v) is 11.5. The number of rotatable bonds is 8. The van der Waals surface area contributed by atoms with Gasteiger partial charge in [-0.2, -0.15) is 0 Å². The first kappa shape index (κ1) is 25.9. The molecule has 3 heteroatoms. The van der Waals surface area contributed by atoms with Gasteiger partial charge in [-0.1, -0.05) is 0 Å². The van der Waals surface area contributed by atoms with Gasteiger partial charge in [-0.15, -0.1) is 0 Å². The van der Waals surface area contributed by atoms with Gasteiger partial charge < -0.3 is 0 Å². The topological polar surface area (TPSA) is 9.23 Å². The van der Waals surface area contributed by atoms with Gasteiger partial charge in [0.2, 0.25) is 0 Å². The van der Waals surface area contributed by atoms with Crippen molar-refractivity contribution in [2.45, 2.75) is 17.8 Å². The van der Waals surface area contributed by atoms with Crippen molar-refractivity contribution in [1.29, 1.82) is 0 Å². The third kappa shape index (κ3) is 5.16. The van der Waals surface area contributed by atoms with E-state index in [-0.39, 0.29) is 41.2 Å². The summed E-state index contributed by atoms with van der Waals surface area (Å²) in [5.41, 5.74) is 3.87. The average molecular weight is 637 g/mol. The first-order chi connectivity index (χ1) is 19.3. The molecule has 0 saturated heterocycles. The first-order valence-electron chi connectivity index (χ1n) is 13.2. The van der Waals surface area contributed by atoms with Gasteiger partial charge in [0, 0.05) is 0 Å². The summed E-state index contributed by atoms with van der Waals surface area (Å²) in [6.07, 6.45) is 1.05. The average Bonchev–Trinajstić information content (AvgIpc) is 3.33. The summed E-state index contributed by atoms with van der Waals surface area (Å²) in [4.78, 5) is 0. The summed E-state index contributed by atoms with van der Waals surface area (Å²) in [6.45, 7) is 0. The van der Waals surface area contributed by atoms with E-state index >= 15 is 0 Å². The molecule has 0 spiro atoms. The summed E-state index contributed by atoms with van der Waals surface area (Å²) >= 11 is 0.406. The summed E-state index contributed by atoms with van der Waals surface area (Å²) in [5.74, 6) is 1.19. The van der Waals surface area contributed by atoms with Crippen molar-refractivity contribution in [3.63, 3.8) is 0 Å². The van der Waals surface area contributed by atoms with E-state index < -0.39 is 0 Å². The SMILES string of the molecule is COc1ccc(C2CC([Se]c3ccccc3)=C([Se]c3ccccc3)C2(c2ccccc2)c2ccccc2)cc1. The Morgan fingerprint density at radius 2 is 1.03 bits per heavy atom. The number of benzene rings is 5. The third-order valence-electron chi connectivity index (χ3n) is 7.45. The molecule has 1 atom stereocenters. The molecule has 1 aliphatic carbocycles. The maximum absolute atomic E-state index is 5.55. The van der Waals surface area contributed by atoms with Crippen LogP contribution in [0.15, 0.2) is 155 Å². The van der Waals surface area contributed by atoms with Crippen molar-refractivity contribution in [3.8, 4) is 5.75 Å². The third-order valence-corrected chi connectivity index (χ3v) is 13.1. The molecule has 0 N–H and O–H groups in total. The normalized spacial score (nSPS) is 16.3. The summed E-state index contributed by atoms with van der Waals surface area (Å²) in [6, 6.07) is 53.5. The molecule has 0 amide bonds. The second-order valence-electron chi connectivity index (χ2n) is 9.65. The second-order valence-corrected chi connectivity index (χ2v) is 14.4. The van der Waals surface area contributed by atoms with Gasteiger partial charge in [-0.25, -0.2) is 0 Å². The van der Waals surface area contributed by atoms with Gasteiger partial charge in [0.15, 0.2) is 0 Å². The Labute approximate surface area is 244 Å². The van der Waals surface area contributed by atoms with Crippen LogP contribution < -0.4 is 13.7 Å². The van der Waals surface area contributed by atoms with E-state index in [4.69, 9.17) is 4.74 Å². The molecule has 6 rings (SSSR count). The molecular weight excluding hydrogens is 606 g/mol. The summed E-state index contributed by atoms with van der Waals surface area (Å²) in [7, 11) is 1.74. The van der Waals surface area contributed by atoms with Crippen LogP contribution in [0.4, 0.5) is 0 Å². The standard InChI is InChI=1S/C36H30OSe2/c1-37-30-24-22-27(23-25-30)33-26-34(38-31-18-10-4-11-19-31)35(39-32-20-12-5-13-21-32)36(33,28-14-6-2-7-15-28)29-16-8-3-9-17-29/h2-25,33H,26H2,1H3. The van der Waals surface area contributed by atoms with Crippen LogP contribution in [-0.4, -0.2) is 37.0 Å². The van der Waals surface area contributed by atoms with E-state index in [1.165, 1.54) is 25.6 Å². The zero-order chi connectivity index (χ0) is 26.5. The van der Waals surface area contributed by atoms with E-state index in [9.17, 15) is 0 Å². The molecule has 0 aromatic heterocycles. The molecule has 5 aromatic carbocycles. The van der Waals surface area contributed by atoms with Gasteiger partial charge in [0.1, 0.15) is 0 Å². The predicted molar refractivity (Wildman–Crippen MR) is 165 cm³/mol. The van der Waals surface area contributed by atoms with Crippen LogP contribution in [0.2, 0.25) is 0 Å². The van der Waals surface area contributed by atoms with Crippen molar-refractivity contribution in [1.82, 2.24) is 0 Å². The quantitative estimate of drug-likeness (QED) is 0.178. The van der Waals surface area contributed by atoms with Crippen molar-refractivity contribution < 1.29 is 4.74 Å². The molecule has 1 nitrogen and oxygen atoms in total. The van der Waals surface area contributed by atoms with E-state index in [0.717, 1.165) is 12.2 Å². The summed E-state index contributed by atoms with van der Waals surface area (Å²) in [5, 5.41) is 0. The molecule has 5 aromatic rings. The van der Waals surface area contributed by atoms with Crippen molar-refractivity contribution in [2.75, 3.05) is 7.11 Å². The Morgan fingerprint density at radius 3 is 1.51 bits per heavy atom. The molecule has 1 aliphatic rings. The van der Waals surface area contributed by atoms with Gasteiger partial charge in [-0.3, -0.25) is 0 Å². The van der Waals surface area contributed by atoms with Crippen molar-refractivity contribution >= 4 is 38.8 Å². The molecule has 0 bridgehead atoms. The first-order valence-corrected chi connectivity index (χ1v) is 16.7. The number of ether oxygens (including phenoxy) is 1. The number of allylic oxidation sites excluding steroid dienone is 2. The van der Waals surface area contributed by atoms with Gasteiger partial charge in [0.25, 0.3) is 0 Å². The summed E-state index contributed by atoms with van der Waals surface area (Å²) < 4.78 is 11.7. The molecule has 0 radical (unpaired) electrons. The number of hydrogen-bond acceptors (Lipinski definition) is 1. The number of hydrogen-bond donors (Lipinski definition) is 0. The molecule has 0 fully saturated rings. The Balaban J connectivity index is 1.64. The Hall–Kier alpha value is -3.32. The molecule has 0 aliphatic heterocycles. The zero-order valence-corrected chi connectivity index (χ0v) is 25.3. The number of methoxy groups -OCH3 is 1. The van der Waals surface area contributed by atoms with Crippen molar-refractivity contribution in [3.05, 3.63) is 171 Å². The molecule has 192 valence electrons. The van der Waals surface area contributed by atoms with Crippen molar-refractivity contribution in [2.24, 2.45) is 0 Å². The molecule has 39 heavy (non-hydrogen) atoms. The maximum atomic E-state index is 5.55. The van der Waals surface area contributed by atoms with E-state index in [2.05, 4.69) is 146 Å². The minimum absolute atomic E-state index is 0.167. The molecule has 1 unspecified atom stereocenters. The van der Waals surface area contributed by atoms with Gasteiger partial charge in [-0.05, 0) is 0 Å². The Morgan fingerprint density at radius 1 is 0.564 bits per heavy atom. The van der Waals surface area contributed by atoms with E-state index in [0.29, 0.717) is 0 Å². The van der Waals surface area contributed by atoms with Crippen LogP contribution in [0, 0.1) is 0 Å². The fraction of sp³-hybridized carbons (Fsp3) is 0.111. The molecular formula is C36H30OSe2. The molecule has 0 heterocycles. The predicted octanol–water partition coefficient (Wildman–Crippen LogP) is 6.44. The Bertz CT molecular complexity index is 1490. The fourth-order valence-electron chi connectivity index (χ4n) is 5.71. The van der Waals surface area contributed by atoms with E-state index in [1.807, 2.05) is 0 Å². The van der Waals surface area contributed by atoms with Crippen LogP contribution in [0.25, 0.3) is 0 Å². The van der Waals surface area contributed by atoms with Gasteiger partial charge >= 0.3 is 245 Å². The van der Waals surface area contributed by atoms with Gasteiger partial charge in [0.05, 0.1) is 0 Å². The van der Waals surface area contributed by atoms with Crippen LogP contribution >= 0.6 is 0 Å². The minimum atomic E-state index is -0.251. The monoisotopic (exact) mass is 638 g/mol. The van der Waals surface area contributed by atoms with Crippen LogP contribution in [-0.2, 0) is 5.41 Å². The van der Waals surface area contributed by atoms with Crippen LogP contribution in [0.3, 0.4) is 0 Å². The van der Waals surface area contributed by atoms with Crippen LogP contribution in [0.5, 0.6) is 5.75 Å². The Kier molecular flexibility index (Phi) is 7.86. The van der Waals surface area contributed by atoms with Crippen LogP contribution in [0.1, 0.15) is 29.0 Å². The molecule has 0 saturated carbocycles. The zero-order valence-electron chi connectivity index (χ0n) is 21.9.